The molecule has 76 valence electrons. The summed E-state index contributed by atoms with van der Waals surface area (Å²) in [5, 5.41) is 9.05. The fourth-order valence-electron chi connectivity index (χ4n) is 1.03. The van der Waals surface area contributed by atoms with Crippen LogP contribution < -0.4 is 0 Å². The van der Waals surface area contributed by atoms with Crippen molar-refractivity contribution in [3.63, 3.8) is 0 Å². The van der Waals surface area contributed by atoms with Crippen LogP contribution in [0.2, 0.25) is 10.2 Å². The van der Waals surface area contributed by atoms with Gasteiger partial charge in [-0.3, -0.25) is 0 Å². The van der Waals surface area contributed by atoms with Crippen LogP contribution in [0.25, 0.3) is 0 Å². The zero-order valence-electron chi connectivity index (χ0n) is 7.71. The summed E-state index contributed by atoms with van der Waals surface area (Å²) in [4.78, 5) is 14.6. The van der Waals surface area contributed by atoms with E-state index in [4.69, 9.17) is 28.3 Å². The Labute approximate surface area is 91.7 Å². The molecule has 1 heterocycles. The molecule has 0 amide bonds. The number of nitrogens with zero attached hydrogens (tertiary/aromatic N) is 1. The fourth-order valence-corrected chi connectivity index (χ4v) is 1.63. The maximum atomic E-state index is 10.7. The topological polar surface area (TPSA) is 50.2 Å². The number of rotatable bonds is 2. The van der Waals surface area contributed by atoms with E-state index in [-0.39, 0.29) is 16.6 Å². The minimum Gasteiger partial charge on any atom is -0.478 e. The highest BCUT2D eigenvalue weighted by atomic mass is 35.5. The van der Waals surface area contributed by atoms with E-state index in [0.717, 1.165) is 0 Å². The molecule has 0 saturated heterocycles. The molecule has 1 aromatic rings. The van der Waals surface area contributed by atoms with Crippen molar-refractivity contribution >= 4 is 29.2 Å². The number of hydrogen-bond donors (Lipinski definition) is 1. The van der Waals surface area contributed by atoms with E-state index in [1.165, 1.54) is 6.07 Å². The van der Waals surface area contributed by atoms with Crippen LogP contribution in [0, 0.1) is 0 Å². The van der Waals surface area contributed by atoms with Crippen molar-refractivity contribution in [2.24, 2.45) is 0 Å². The third-order valence-electron chi connectivity index (χ3n) is 1.73. The molecule has 0 radical (unpaired) electrons. The number of carboxylic acids is 1. The molecule has 0 atom stereocenters. The molecule has 14 heavy (non-hydrogen) atoms. The number of aromatic carboxylic acids is 1. The largest absolute Gasteiger partial charge is 0.478 e. The number of aromatic nitrogens is 1. The minimum absolute atomic E-state index is 0.0226. The first-order valence-electron chi connectivity index (χ1n) is 4.02. The van der Waals surface area contributed by atoms with Crippen LogP contribution in [0.3, 0.4) is 0 Å². The van der Waals surface area contributed by atoms with Gasteiger partial charge < -0.3 is 5.11 Å². The maximum Gasteiger partial charge on any atom is 0.338 e. The third kappa shape index (κ3) is 2.16. The Morgan fingerprint density at radius 3 is 2.50 bits per heavy atom. The Morgan fingerprint density at radius 2 is 2.07 bits per heavy atom. The van der Waals surface area contributed by atoms with Crippen molar-refractivity contribution in [1.29, 1.82) is 0 Å². The average molecular weight is 234 g/mol. The van der Waals surface area contributed by atoms with Crippen molar-refractivity contribution < 1.29 is 9.90 Å². The van der Waals surface area contributed by atoms with Gasteiger partial charge in [-0.2, -0.15) is 0 Å². The number of halogens is 2. The molecule has 3 nitrogen and oxygen atoms in total. The van der Waals surface area contributed by atoms with Gasteiger partial charge in [0.2, 0.25) is 0 Å². The van der Waals surface area contributed by atoms with Crippen molar-refractivity contribution in [3.8, 4) is 0 Å². The predicted molar refractivity (Wildman–Crippen MR) is 55.3 cm³/mol. The number of carbonyl (C=O) groups is 1. The molecule has 0 spiro atoms. The Morgan fingerprint density at radius 1 is 1.50 bits per heavy atom. The number of carboxylic acid groups (broad SMARTS) is 1. The summed E-state index contributed by atoms with van der Waals surface area (Å²) in [6.45, 7) is 3.82. The molecular formula is C9H9Cl2NO2. The molecule has 0 fully saturated rings. The Balaban J connectivity index is 3.31. The van der Waals surface area contributed by atoms with Gasteiger partial charge in [0.05, 0.1) is 16.3 Å². The Kier molecular flexibility index (Phi) is 3.34. The second kappa shape index (κ2) is 4.15. The van der Waals surface area contributed by atoms with Gasteiger partial charge in [0.1, 0.15) is 5.15 Å². The summed E-state index contributed by atoms with van der Waals surface area (Å²) < 4.78 is 0. The van der Waals surface area contributed by atoms with E-state index in [1.54, 1.807) is 0 Å². The lowest BCUT2D eigenvalue weighted by Gasteiger charge is -2.08. The van der Waals surface area contributed by atoms with Crippen LogP contribution >= 0.6 is 23.2 Å². The highest BCUT2D eigenvalue weighted by Gasteiger charge is 2.15. The second-order valence-electron chi connectivity index (χ2n) is 3.15. The van der Waals surface area contributed by atoms with Gasteiger partial charge >= 0.3 is 5.97 Å². The van der Waals surface area contributed by atoms with Crippen molar-refractivity contribution in [1.82, 2.24) is 4.98 Å². The molecule has 0 unspecified atom stereocenters. The number of pyridine rings is 1. The van der Waals surface area contributed by atoms with Gasteiger partial charge in [0, 0.05) is 0 Å². The lowest BCUT2D eigenvalue weighted by atomic mass is 10.1. The van der Waals surface area contributed by atoms with Crippen LogP contribution in [0.4, 0.5) is 0 Å². The predicted octanol–water partition coefficient (Wildman–Crippen LogP) is 3.21. The summed E-state index contributed by atoms with van der Waals surface area (Å²) in [5.41, 5.74) is 0.544. The van der Waals surface area contributed by atoms with Crippen molar-refractivity contribution in [2.45, 2.75) is 19.8 Å². The normalized spacial score (nSPS) is 10.6. The molecule has 0 aliphatic heterocycles. The van der Waals surface area contributed by atoms with E-state index in [1.807, 2.05) is 13.8 Å². The summed E-state index contributed by atoms with van der Waals surface area (Å²) >= 11 is 11.5. The van der Waals surface area contributed by atoms with Gasteiger partial charge in [-0.15, -0.1) is 0 Å². The highest BCUT2D eigenvalue weighted by Crippen LogP contribution is 2.26. The summed E-state index contributed by atoms with van der Waals surface area (Å²) in [6, 6.07) is 1.33. The van der Waals surface area contributed by atoms with Crippen LogP contribution in [0.5, 0.6) is 0 Å². The van der Waals surface area contributed by atoms with Gasteiger partial charge in [-0.05, 0) is 12.0 Å². The smallest absolute Gasteiger partial charge is 0.338 e. The van der Waals surface area contributed by atoms with Gasteiger partial charge in [-0.25, -0.2) is 9.78 Å². The average Bonchev–Trinajstić information content (AvgIpc) is 2.07. The third-order valence-corrected chi connectivity index (χ3v) is 2.32. The molecule has 1 aromatic heterocycles. The minimum atomic E-state index is -1.13. The van der Waals surface area contributed by atoms with E-state index in [2.05, 4.69) is 4.98 Å². The van der Waals surface area contributed by atoms with Crippen LogP contribution in [0.15, 0.2) is 6.07 Å². The number of hydrogen-bond acceptors (Lipinski definition) is 2. The van der Waals surface area contributed by atoms with Crippen LogP contribution in [-0.4, -0.2) is 16.1 Å². The van der Waals surface area contributed by atoms with Crippen LogP contribution in [-0.2, 0) is 0 Å². The maximum absolute atomic E-state index is 10.7. The molecule has 5 heteroatoms. The molecule has 0 aliphatic carbocycles. The summed E-state index contributed by atoms with van der Waals surface area (Å²) in [7, 11) is 0. The molecule has 0 saturated carbocycles. The Bertz CT molecular complexity index is 377. The van der Waals surface area contributed by atoms with Crippen molar-refractivity contribution in [3.05, 3.63) is 27.5 Å². The van der Waals surface area contributed by atoms with E-state index in [9.17, 15) is 4.79 Å². The highest BCUT2D eigenvalue weighted by molar-refractivity contribution is 6.34. The molecule has 0 bridgehead atoms. The molecular weight excluding hydrogens is 225 g/mol. The lowest BCUT2D eigenvalue weighted by molar-refractivity contribution is 0.0696. The van der Waals surface area contributed by atoms with E-state index >= 15 is 0 Å². The van der Waals surface area contributed by atoms with Gasteiger partial charge in [-0.1, -0.05) is 37.0 Å². The first kappa shape index (κ1) is 11.3. The monoisotopic (exact) mass is 233 g/mol. The summed E-state index contributed by atoms with van der Waals surface area (Å²) in [6.07, 6.45) is 0. The van der Waals surface area contributed by atoms with E-state index in [0.29, 0.717) is 10.7 Å². The first-order valence-corrected chi connectivity index (χ1v) is 4.78. The standard InChI is InChI=1S/C9H9Cl2NO2/c1-4(2)7-6(10)3-5(9(13)14)8(11)12-7/h3-4H,1-2H3,(H,13,14). The van der Waals surface area contributed by atoms with Crippen molar-refractivity contribution in [2.75, 3.05) is 0 Å². The second-order valence-corrected chi connectivity index (χ2v) is 3.92. The van der Waals surface area contributed by atoms with E-state index < -0.39 is 5.97 Å². The molecule has 1 rings (SSSR count). The van der Waals surface area contributed by atoms with Crippen LogP contribution in [0.1, 0.15) is 35.8 Å². The zero-order chi connectivity index (χ0) is 10.9. The van der Waals surface area contributed by atoms with Gasteiger partial charge in [0.25, 0.3) is 0 Å². The fraction of sp³-hybridized carbons (Fsp3) is 0.333. The lowest BCUT2D eigenvalue weighted by Crippen LogP contribution is -2.03. The SMILES string of the molecule is CC(C)c1nc(Cl)c(C(=O)O)cc1Cl. The first-order chi connectivity index (χ1) is 6.43. The zero-order valence-corrected chi connectivity index (χ0v) is 9.23. The molecule has 0 aliphatic rings. The molecule has 0 aromatic carbocycles. The summed E-state index contributed by atoms with van der Waals surface area (Å²) in [5.74, 6) is -1.01. The quantitative estimate of drug-likeness (QED) is 0.799. The molecule has 1 N–H and O–H groups in total. The van der Waals surface area contributed by atoms with Gasteiger partial charge in [0.15, 0.2) is 0 Å². The Hall–Kier alpha value is -0.800.